The summed E-state index contributed by atoms with van der Waals surface area (Å²) in [7, 11) is 0. The smallest absolute Gasteiger partial charge is 0.406 e. The molecular weight excluding hydrogens is 212 g/mol. The Bertz CT molecular complexity index is 397. The molecule has 82 valence electrons. The van der Waals surface area contributed by atoms with E-state index in [1.54, 1.807) is 0 Å². The molecule has 0 aliphatic carbocycles. The van der Waals surface area contributed by atoms with E-state index < -0.39 is 28.6 Å². The van der Waals surface area contributed by atoms with E-state index in [4.69, 9.17) is 5.73 Å². The average molecular weight is 219 g/mol. The van der Waals surface area contributed by atoms with Crippen LogP contribution in [0.25, 0.3) is 0 Å². The highest BCUT2D eigenvalue weighted by Crippen LogP contribution is 2.31. The highest BCUT2D eigenvalue weighted by atomic mass is 19.3. The maximum absolute atomic E-state index is 12.3. The number of alkyl halides is 2. The molecule has 8 heteroatoms. The normalized spacial score (nSPS) is 10.7. The summed E-state index contributed by atoms with van der Waals surface area (Å²) in [6.07, 6.45) is -2.95. The van der Waals surface area contributed by atoms with E-state index in [1.165, 1.54) is 0 Å². The van der Waals surface area contributed by atoms with Crippen molar-refractivity contribution in [2.75, 3.05) is 0 Å². The SMILES string of the molecule is NCc1cc(C(F)F)nc([N+](=O)[O-])c1O. The molecule has 1 rings (SSSR count). The number of hydrogen-bond acceptors (Lipinski definition) is 5. The van der Waals surface area contributed by atoms with Crippen LogP contribution >= 0.6 is 0 Å². The van der Waals surface area contributed by atoms with Crippen molar-refractivity contribution in [3.05, 3.63) is 27.4 Å². The molecule has 0 aliphatic rings. The molecular formula is C7H7F2N3O3. The molecule has 0 unspecified atom stereocenters. The van der Waals surface area contributed by atoms with Gasteiger partial charge in [-0.2, -0.15) is 0 Å². The molecule has 1 aromatic heterocycles. The molecule has 0 atom stereocenters. The van der Waals surface area contributed by atoms with Gasteiger partial charge in [0.1, 0.15) is 0 Å². The summed E-state index contributed by atoms with van der Waals surface area (Å²) >= 11 is 0. The van der Waals surface area contributed by atoms with Crippen molar-refractivity contribution >= 4 is 5.82 Å². The number of rotatable bonds is 3. The first kappa shape index (κ1) is 11.2. The van der Waals surface area contributed by atoms with E-state index in [0.717, 1.165) is 6.07 Å². The van der Waals surface area contributed by atoms with Gasteiger partial charge in [-0.1, -0.05) is 0 Å². The number of aromatic hydroxyl groups is 1. The Labute approximate surface area is 82.5 Å². The van der Waals surface area contributed by atoms with Crippen molar-refractivity contribution in [2.45, 2.75) is 13.0 Å². The van der Waals surface area contributed by atoms with Crippen LogP contribution in [0.5, 0.6) is 5.75 Å². The van der Waals surface area contributed by atoms with Crippen molar-refractivity contribution in [1.82, 2.24) is 4.98 Å². The van der Waals surface area contributed by atoms with Crippen molar-refractivity contribution < 1.29 is 18.8 Å². The van der Waals surface area contributed by atoms with Crippen LogP contribution in [0.4, 0.5) is 14.6 Å². The predicted octanol–water partition coefficient (Wildman–Crippen LogP) is 1.09. The van der Waals surface area contributed by atoms with Crippen molar-refractivity contribution in [3.63, 3.8) is 0 Å². The number of hydrogen-bond donors (Lipinski definition) is 2. The quantitative estimate of drug-likeness (QED) is 0.585. The van der Waals surface area contributed by atoms with Gasteiger partial charge in [0.15, 0.2) is 0 Å². The van der Waals surface area contributed by atoms with Crippen LogP contribution in [0.15, 0.2) is 6.07 Å². The second-order valence-corrected chi connectivity index (χ2v) is 2.64. The zero-order chi connectivity index (χ0) is 11.6. The topological polar surface area (TPSA) is 102 Å². The first-order valence-corrected chi connectivity index (χ1v) is 3.82. The predicted molar refractivity (Wildman–Crippen MR) is 45.4 cm³/mol. The van der Waals surface area contributed by atoms with E-state index in [1.807, 2.05) is 0 Å². The summed E-state index contributed by atoms with van der Waals surface area (Å²) in [5.74, 6) is -1.78. The standard InChI is InChI=1S/C7H7F2N3O3/c8-6(9)4-1-3(2-10)5(13)7(11-4)12(14)15/h1,6,13H,2,10H2. The number of nitrogens with two attached hydrogens (primary N) is 1. The zero-order valence-corrected chi connectivity index (χ0v) is 7.35. The first-order chi connectivity index (χ1) is 6.97. The lowest BCUT2D eigenvalue weighted by Gasteiger charge is -2.03. The molecule has 0 saturated heterocycles. The van der Waals surface area contributed by atoms with Gasteiger partial charge in [0, 0.05) is 12.1 Å². The molecule has 0 aromatic carbocycles. The molecule has 0 spiro atoms. The Morgan fingerprint density at radius 1 is 1.67 bits per heavy atom. The van der Waals surface area contributed by atoms with Gasteiger partial charge < -0.3 is 21.0 Å². The van der Waals surface area contributed by atoms with E-state index in [-0.39, 0.29) is 12.1 Å². The third-order valence-electron chi connectivity index (χ3n) is 1.69. The second-order valence-electron chi connectivity index (χ2n) is 2.64. The van der Waals surface area contributed by atoms with Crippen LogP contribution < -0.4 is 5.73 Å². The minimum atomic E-state index is -2.95. The average Bonchev–Trinajstić information content (AvgIpc) is 2.17. The Hall–Kier alpha value is -1.83. The number of pyridine rings is 1. The lowest BCUT2D eigenvalue weighted by atomic mass is 10.2. The Balaban J connectivity index is 3.38. The van der Waals surface area contributed by atoms with Gasteiger partial charge in [-0.15, -0.1) is 0 Å². The number of nitrogens with zero attached hydrogens (tertiary/aromatic N) is 2. The minimum absolute atomic E-state index is 0.132. The molecule has 0 saturated carbocycles. The fourth-order valence-electron chi connectivity index (χ4n) is 0.993. The fourth-order valence-corrected chi connectivity index (χ4v) is 0.993. The van der Waals surface area contributed by atoms with Crippen LogP contribution in [0, 0.1) is 10.1 Å². The molecule has 0 fully saturated rings. The first-order valence-electron chi connectivity index (χ1n) is 3.82. The van der Waals surface area contributed by atoms with E-state index in [9.17, 15) is 24.0 Å². The summed E-state index contributed by atoms with van der Waals surface area (Å²) in [6, 6.07) is 0.840. The monoisotopic (exact) mass is 219 g/mol. The van der Waals surface area contributed by atoms with Crippen LogP contribution in [0.2, 0.25) is 0 Å². The summed E-state index contributed by atoms with van der Waals surface area (Å²) < 4.78 is 24.5. The fraction of sp³-hybridized carbons (Fsp3) is 0.286. The Morgan fingerprint density at radius 3 is 2.67 bits per heavy atom. The van der Waals surface area contributed by atoms with Gasteiger partial charge in [-0.25, -0.2) is 8.78 Å². The summed E-state index contributed by atoms with van der Waals surface area (Å²) in [5.41, 5.74) is 4.22. The Morgan fingerprint density at radius 2 is 2.27 bits per heavy atom. The van der Waals surface area contributed by atoms with Gasteiger partial charge in [0.25, 0.3) is 0 Å². The van der Waals surface area contributed by atoms with Gasteiger partial charge in [0.2, 0.25) is 11.4 Å². The molecule has 0 radical (unpaired) electrons. The highest BCUT2D eigenvalue weighted by Gasteiger charge is 2.25. The van der Waals surface area contributed by atoms with Gasteiger partial charge in [-0.05, 0) is 16.0 Å². The molecule has 1 aromatic rings. The largest absolute Gasteiger partial charge is 0.501 e. The summed E-state index contributed by atoms with van der Waals surface area (Å²) in [4.78, 5) is 12.3. The van der Waals surface area contributed by atoms with E-state index in [0.29, 0.717) is 0 Å². The Kier molecular flexibility index (Phi) is 3.10. The van der Waals surface area contributed by atoms with Crippen molar-refractivity contribution in [1.29, 1.82) is 0 Å². The molecule has 0 amide bonds. The van der Waals surface area contributed by atoms with Crippen LogP contribution in [-0.4, -0.2) is 15.0 Å². The van der Waals surface area contributed by atoms with Crippen LogP contribution in [0.3, 0.4) is 0 Å². The lowest BCUT2D eigenvalue weighted by Crippen LogP contribution is -2.04. The van der Waals surface area contributed by atoms with E-state index >= 15 is 0 Å². The van der Waals surface area contributed by atoms with Crippen molar-refractivity contribution in [2.24, 2.45) is 5.73 Å². The number of halogens is 2. The lowest BCUT2D eigenvalue weighted by molar-refractivity contribution is -0.390. The highest BCUT2D eigenvalue weighted by molar-refractivity contribution is 5.46. The zero-order valence-electron chi connectivity index (χ0n) is 7.35. The minimum Gasteiger partial charge on any atom is -0.501 e. The molecule has 0 aliphatic heterocycles. The van der Waals surface area contributed by atoms with Crippen LogP contribution in [-0.2, 0) is 6.54 Å². The molecule has 6 nitrogen and oxygen atoms in total. The summed E-state index contributed by atoms with van der Waals surface area (Å²) in [6.45, 7) is -0.283. The maximum Gasteiger partial charge on any atom is 0.406 e. The third kappa shape index (κ3) is 2.15. The maximum atomic E-state index is 12.3. The second kappa shape index (κ2) is 4.13. The van der Waals surface area contributed by atoms with Gasteiger partial charge in [0.05, 0.1) is 0 Å². The summed E-state index contributed by atoms with van der Waals surface area (Å²) in [5, 5.41) is 19.6. The number of aromatic nitrogens is 1. The van der Waals surface area contributed by atoms with Gasteiger partial charge in [-0.3, -0.25) is 0 Å². The van der Waals surface area contributed by atoms with Crippen molar-refractivity contribution in [3.8, 4) is 5.75 Å². The molecule has 0 bridgehead atoms. The third-order valence-corrected chi connectivity index (χ3v) is 1.69. The molecule has 1 heterocycles. The van der Waals surface area contributed by atoms with Gasteiger partial charge >= 0.3 is 12.2 Å². The van der Waals surface area contributed by atoms with Crippen LogP contribution in [0.1, 0.15) is 17.7 Å². The number of nitro groups is 1. The molecule has 3 N–H and O–H groups in total. The molecule has 15 heavy (non-hydrogen) atoms. The van der Waals surface area contributed by atoms with E-state index in [2.05, 4.69) is 4.98 Å².